The Balaban J connectivity index is 2.33. The lowest BCUT2D eigenvalue weighted by molar-refractivity contribution is 0.502. The molecular weight excluding hydrogens is 243 g/mol. The van der Waals surface area contributed by atoms with Crippen LogP contribution in [-0.4, -0.2) is 9.79 Å². The molecule has 13 heavy (non-hydrogen) atoms. The first-order chi connectivity index (χ1) is 6.08. The number of hydrogen-bond acceptors (Lipinski definition) is 3. The Morgan fingerprint density at radius 2 is 1.85 bits per heavy atom. The highest BCUT2D eigenvalue weighted by molar-refractivity contribution is 9.02. The molecule has 0 bridgehead atoms. The molecule has 0 aliphatic rings. The van der Waals surface area contributed by atoms with Crippen molar-refractivity contribution in [3.05, 3.63) is 35.9 Å². The summed E-state index contributed by atoms with van der Waals surface area (Å²) in [7, 11) is 2.36. The van der Waals surface area contributed by atoms with Gasteiger partial charge in [-0.3, -0.25) is 0 Å². The summed E-state index contributed by atoms with van der Waals surface area (Å²) in [6, 6.07) is 9.84. The van der Waals surface area contributed by atoms with Gasteiger partial charge in [-0.1, -0.05) is 41.1 Å². The molecular formula is C7H9O2PS3. The van der Waals surface area contributed by atoms with Crippen molar-refractivity contribution in [1.82, 2.24) is 0 Å². The van der Waals surface area contributed by atoms with E-state index in [9.17, 15) is 0 Å². The second kappa shape index (κ2) is 5.39. The molecule has 0 spiro atoms. The lowest BCUT2D eigenvalue weighted by atomic mass is 10.2. The van der Waals surface area contributed by atoms with Crippen LogP contribution in [0.2, 0.25) is 0 Å². The summed E-state index contributed by atoms with van der Waals surface area (Å²) in [5.74, 6) is 0.741. The van der Waals surface area contributed by atoms with Crippen LogP contribution >= 0.6 is 26.9 Å². The summed E-state index contributed by atoms with van der Waals surface area (Å²) in [6.07, 6.45) is 0. The van der Waals surface area contributed by atoms with Gasteiger partial charge < -0.3 is 9.79 Å². The van der Waals surface area contributed by atoms with Crippen LogP contribution in [0.4, 0.5) is 0 Å². The zero-order chi connectivity index (χ0) is 9.73. The van der Waals surface area contributed by atoms with Gasteiger partial charge in [-0.25, -0.2) is 0 Å². The standard InChI is InChI=1S/C7H9O2PS3/c8-10(9,11)13-12-6-7-4-2-1-3-5-7/h1-5H,6H2,(H2,8,9,11). The van der Waals surface area contributed by atoms with Gasteiger partial charge in [-0.2, -0.15) is 0 Å². The molecule has 1 rings (SSSR count). The fourth-order valence-corrected chi connectivity index (χ4v) is 5.11. The average Bonchev–Trinajstić information content (AvgIpc) is 2.04. The van der Waals surface area contributed by atoms with Crippen molar-refractivity contribution in [2.45, 2.75) is 5.75 Å². The minimum atomic E-state index is -3.09. The van der Waals surface area contributed by atoms with Crippen molar-refractivity contribution >= 4 is 38.7 Å². The molecule has 0 unspecified atom stereocenters. The fourth-order valence-electron chi connectivity index (χ4n) is 0.737. The molecule has 1 aromatic carbocycles. The zero-order valence-corrected chi connectivity index (χ0v) is 10.0. The molecule has 0 atom stereocenters. The molecule has 0 heterocycles. The third-order valence-corrected chi connectivity index (χ3v) is 7.56. The van der Waals surface area contributed by atoms with Crippen LogP contribution in [0, 0.1) is 0 Å². The molecule has 0 amide bonds. The quantitative estimate of drug-likeness (QED) is 0.637. The summed E-state index contributed by atoms with van der Waals surface area (Å²) < 4.78 is 0. The van der Waals surface area contributed by atoms with E-state index in [1.54, 1.807) is 0 Å². The third kappa shape index (κ3) is 5.73. The van der Waals surface area contributed by atoms with Gasteiger partial charge in [0.25, 0.3) is 5.69 Å². The Labute approximate surface area is 90.1 Å². The maximum Gasteiger partial charge on any atom is 0.252 e. The molecule has 0 saturated carbocycles. The molecule has 0 fully saturated rings. The van der Waals surface area contributed by atoms with E-state index in [1.165, 1.54) is 10.8 Å². The molecule has 0 saturated heterocycles. The van der Waals surface area contributed by atoms with Crippen LogP contribution in [-0.2, 0) is 17.6 Å². The normalized spacial score (nSPS) is 11.5. The van der Waals surface area contributed by atoms with Crippen LogP contribution in [0.3, 0.4) is 0 Å². The van der Waals surface area contributed by atoms with Crippen molar-refractivity contribution < 1.29 is 9.79 Å². The molecule has 2 nitrogen and oxygen atoms in total. The van der Waals surface area contributed by atoms with E-state index in [0.717, 1.165) is 21.7 Å². The minimum Gasteiger partial charge on any atom is -0.337 e. The van der Waals surface area contributed by atoms with Crippen LogP contribution in [0.25, 0.3) is 0 Å². The summed E-state index contributed by atoms with van der Waals surface area (Å²) in [4.78, 5) is 17.8. The second-order valence-corrected chi connectivity index (χ2v) is 10.2. The first-order valence-corrected chi connectivity index (χ1v) is 9.12. The lowest BCUT2D eigenvalue weighted by Gasteiger charge is -2.04. The average molecular weight is 252 g/mol. The van der Waals surface area contributed by atoms with Crippen LogP contribution < -0.4 is 0 Å². The summed E-state index contributed by atoms with van der Waals surface area (Å²) in [5.41, 5.74) is -1.93. The molecule has 0 aromatic heterocycles. The van der Waals surface area contributed by atoms with Gasteiger partial charge in [0, 0.05) is 5.75 Å². The maximum atomic E-state index is 8.92. The molecule has 6 heteroatoms. The van der Waals surface area contributed by atoms with E-state index in [1.807, 2.05) is 30.3 Å². The van der Waals surface area contributed by atoms with Gasteiger partial charge in [0.05, 0.1) is 0 Å². The van der Waals surface area contributed by atoms with Crippen molar-refractivity contribution in [3.8, 4) is 0 Å². The van der Waals surface area contributed by atoms with E-state index >= 15 is 0 Å². The number of benzene rings is 1. The zero-order valence-electron chi connectivity index (χ0n) is 6.66. The monoisotopic (exact) mass is 252 g/mol. The lowest BCUT2D eigenvalue weighted by Crippen LogP contribution is -1.75. The van der Waals surface area contributed by atoms with Gasteiger partial charge in [0.2, 0.25) is 0 Å². The maximum absolute atomic E-state index is 8.92. The Hall–Kier alpha value is 0.490. The largest absolute Gasteiger partial charge is 0.337 e. The molecule has 1 aromatic rings. The molecule has 72 valence electrons. The van der Waals surface area contributed by atoms with Gasteiger partial charge in [0.1, 0.15) is 0 Å². The predicted molar refractivity (Wildman–Crippen MR) is 64.1 cm³/mol. The summed E-state index contributed by atoms with van der Waals surface area (Å²) >= 11 is 4.46. The van der Waals surface area contributed by atoms with Gasteiger partial charge >= 0.3 is 0 Å². The molecule has 0 aliphatic heterocycles. The van der Waals surface area contributed by atoms with E-state index in [2.05, 4.69) is 11.8 Å². The Bertz CT molecular complexity index is 298. The highest BCUT2D eigenvalue weighted by atomic mass is 33.4. The summed E-state index contributed by atoms with van der Waals surface area (Å²) in [6.45, 7) is 0. The first kappa shape index (κ1) is 11.6. The Morgan fingerprint density at radius 1 is 1.23 bits per heavy atom. The summed E-state index contributed by atoms with van der Waals surface area (Å²) in [5, 5.41) is 0. The molecule has 0 radical (unpaired) electrons. The molecule has 0 aliphatic carbocycles. The smallest absolute Gasteiger partial charge is 0.252 e. The van der Waals surface area contributed by atoms with E-state index in [0.29, 0.717) is 0 Å². The number of hydrogen-bond donors (Lipinski definition) is 2. The second-order valence-electron chi connectivity index (χ2n) is 2.31. The van der Waals surface area contributed by atoms with E-state index in [4.69, 9.17) is 9.79 Å². The highest BCUT2D eigenvalue weighted by Crippen LogP contribution is 2.57. The molecule has 2 N–H and O–H groups in total. The van der Waals surface area contributed by atoms with Crippen molar-refractivity contribution in [3.63, 3.8) is 0 Å². The van der Waals surface area contributed by atoms with Gasteiger partial charge in [-0.05, 0) is 27.8 Å². The Kier molecular flexibility index (Phi) is 4.80. The topological polar surface area (TPSA) is 40.5 Å². The van der Waals surface area contributed by atoms with Crippen LogP contribution in [0.1, 0.15) is 5.56 Å². The minimum absolute atomic E-state index is 0.741. The Morgan fingerprint density at radius 3 is 2.38 bits per heavy atom. The first-order valence-electron chi connectivity index (χ1n) is 3.48. The van der Waals surface area contributed by atoms with Crippen molar-refractivity contribution in [2.24, 2.45) is 0 Å². The number of rotatable bonds is 4. The predicted octanol–water partition coefficient (Wildman–Crippen LogP) is 2.78. The SMILES string of the molecule is OP(O)(=S)SSCc1ccccc1. The van der Waals surface area contributed by atoms with E-state index in [-0.39, 0.29) is 0 Å². The van der Waals surface area contributed by atoms with Gasteiger partial charge in [0.15, 0.2) is 0 Å². The van der Waals surface area contributed by atoms with Crippen LogP contribution in [0.15, 0.2) is 30.3 Å². The fraction of sp³-hybridized carbons (Fsp3) is 0.143. The van der Waals surface area contributed by atoms with Crippen molar-refractivity contribution in [2.75, 3.05) is 0 Å². The third-order valence-electron chi connectivity index (χ3n) is 1.22. The van der Waals surface area contributed by atoms with Crippen LogP contribution in [0.5, 0.6) is 0 Å². The highest BCUT2D eigenvalue weighted by Gasteiger charge is 2.07. The van der Waals surface area contributed by atoms with E-state index < -0.39 is 5.69 Å². The van der Waals surface area contributed by atoms with Crippen molar-refractivity contribution in [1.29, 1.82) is 0 Å². The van der Waals surface area contributed by atoms with Gasteiger partial charge in [-0.15, -0.1) is 0 Å².